The van der Waals surface area contributed by atoms with Crippen LogP contribution in [0.15, 0.2) is 18.6 Å². The van der Waals surface area contributed by atoms with Crippen molar-refractivity contribution in [1.82, 2.24) is 19.7 Å². The second-order valence-corrected chi connectivity index (χ2v) is 5.69. The lowest BCUT2D eigenvalue weighted by atomic mass is 10.1. The van der Waals surface area contributed by atoms with E-state index in [0.717, 1.165) is 29.2 Å². The molecule has 5 nitrogen and oxygen atoms in total. The van der Waals surface area contributed by atoms with Crippen LogP contribution < -0.4 is 0 Å². The first-order chi connectivity index (χ1) is 9.47. The fourth-order valence-corrected chi connectivity index (χ4v) is 2.29. The van der Waals surface area contributed by atoms with Gasteiger partial charge in [-0.05, 0) is 30.9 Å². The Labute approximate surface area is 119 Å². The summed E-state index contributed by atoms with van der Waals surface area (Å²) < 4.78 is 1.86. The van der Waals surface area contributed by atoms with Crippen LogP contribution in [0.1, 0.15) is 42.6 Å². The summed E-state index contributed by atoms with van der Waals surface area (Å²) in [6.07, 6.45) is 3.11. The average molecular weight is 274 g/mol. The van der Waals surface area contributed by atoms with Gasteiger partial charge in [0, 0.05) is 19.2 Å². The van der Waals surface area contributed by atoms with Gasteiger partial charge in [-0.1, -0.05) is 19.9 Å². The molecule has 0 amide bonds. The van der Waals surface area contributed by atoms with Crippen LogP contribution in [-0.4, -0.2) is 24.9 Å². The molecule has 0 radical (unpaired) electrons. The Morgan fingerprint density at radius 3 is 2.65 bits per heavy atom. The van der Waals surface area contributed by atoms with Crippen molar-refractivity contribution >= 4 is 0 Å². The third kappa shape index (κ3) is 3.42. The molecule has 1 unspecified atom stereocenters. The van der Waals surface area contributed by atoms with E-state index >= 15 is 0 Å². The van der Waals surface area contributed by atoms with Gasteiger partial charge in [0.05, 0.1) is 5.69 Å². The first kappa shape index (κ1) is 14.7. The number of hydrogen-bond donors (Lipinski definition) is 1. The monoisotopic (exact) mass is 274 g/mol. The summed E-state index contributed by atoms with van der Waals surface area (Å²) in [5, 5.41) is 14.6. The Morgan fingerprint density at radius 1 is 1.25 bits per heavy atom. The molecule has 0 aliphatic heterocycles. The lowest BCUT2D eigenvalue weighted by Crippen LogP contribution is -2.14. The number of aliphatic hydroxyl groups excluding tert-OH is 1. The third-order valence-corrected chi connectivity index (χ3v) is 3.18. The SMILES string of the molecule is Cc1cnc(C(O)Cc2ncnn2CC(C)C)c(C)c1. The van der Waals surface area contributed by atoms with Gasteiger partial charge in [-0.15, -0.1) is 0 Å². The summed E-state index contributed by atoms with van der Waals surface area (Å²) in [4.78, 5) is 8.59. The molecular formula is C15H22N4O. The van der Waals surface area contributed by atoms with E-state index in [1.54, 1.807) is 12.5 Å². The molecule has 5 heteroatoms. The van der Waals surface area contributed by atoms with Crippen molar-refractivity contribution in [2.24, 2.45) is 5.92 Å². The Morgan fingerprint density at radius 2 is 2.00 bits per heavy atom. The Balaban J connectivity index is 2.15. The van der Waals surface area contributed by atoms with Crippen LogP contribution in [0.5, 0.6) is 0 Å². The molecule has 0 aliphatic carbocycles. The fourth-order valence-electron chi connectivity index (χ4n) is 2.29. The zero-order chi connectivity index (χ0) is 14.7. The number of aromatic nitrogens is 4. The van der Waals surface area contributed by atoms with E-state index in [-0.39, 0.29) is 0 Å². The first-order valence-corrected chi connectivity index (χ1v) is 6.95. The van der Waals surface area contributed by atoms with E-state index in [4.69, 9.17) is 0 Å². The number of pyridine rings is 1. The highest BCUT2D eigenvalue weighted by Crippen LogP contribution is 2.19. The van der Waals surface area contributed by atoms with Crippen LogP contribution in [0.3, 0.4) is 0 Å². The molecule has 0 spiro atoms. The molecule has 2 aromatic heterocycles. The fraction of sp³-hybridized carbons (Fsp3) is 0.533. The van der Waals surface area contributed by atoms with Gasteiger partial charge in [0.15, 0.2) is 0 Å². The van der Waals surface area contributed by atoms with Crippen molar-refractivity contribution in [3.63, 3.8) is 0 Å². The van der Waals surface area contributed by atoms with Gasteiger partial charge < -0.3 is 5.11 Å². The van der Waals surface area contributed by atoms with Crippen LogP contribution in [0.4, 0.5) is 0 Å². The zero-order valence-electron chi connectivity index (χ0n) is 12.5. The molecule has 2 aromatic rings. The van der Waals surface area contributed by atoms with Gasteiger partial charge >= 0.3 is 0 Å². The highest BCUT2D eigenvalue weighted by atomic mass is 16.3. The lowest BCUT2D eigenvalue weighted by Gasteiger charge is -2.14. The second-order valence-electron chi connectivity index (χ2n) is 5.69. The minimum Gasteiger partial charge on any atom is -0.386 e. The van der Waals surface area contributed by atoms with E-state index < -0.39 is 6.10 Å². The van der Waals surface area contributed by atoms with Crippen LogP contribution in [0.25, 0.3) is 0 Å². The zero-order valence-corrected chi connectivity index (χ0v) is 12.5. The molecule has 0 aromatic carbocycles. The van der Waals surface area contributed by atoms with Crippen molar-refractivity contribution in [3.8, 4) is 0 Å². The molecule has 1 atom stereocenters. The van der Waals surface area contributed by atoms with Gasteiger partial charge in [-0.2, -0.15) is 5.10 Å². The lowest BCUT2D eigenvalue weighted by molar-refractivity contribution is 0.168. The van der Waals surface area contributed by atoms with Gasteiger partial charge in [-0.25, -0.2) is 9.67 Å². The maximum Gasteiger partial charge on any atom is 0.138 e. The predicted octanol–water partition coefficient (Wildman–Crippen LogP) is 2.22. The van der Waals surface area contributed by atoms with Crippen LogP contribution in [0, 0.1) is 19.8 Å². The minimum atomic E-state index is -0.647. The molecule has 2 rings (SSSR count). The van der Waals surface area contributed by atoms with Gasteiger partial charge in [0.25, 0.3) is 0 Å². The van der Waals surface area contributed by atoms with Crippen molar-refractivity contribution in [1.29, 1.82) is 0 Å². The van der Waals surface area contributed by atoms with Crippen LogP contribution in [0.2, 0.25) is 0 Å². The Kier molecular flexibility index (Phi) is 4.49. The first-order valence-electron chi connectivity index (χ1n) is 6.95. The van der Waals surface area contributed by atoms with Gasteiger partial charge in [0.2, 0.25) is 0 Å². The largest absolute Gasteiger partial charge is 0.386 e. The molecule has 2 heterocycles. The second kappa shape index (κ2) is 6.13. The summed E-state index contributed by atoms with van der Waals surface area (Å²) in [5.41, 5.74) is 2.82. The molecule has 0 aliphatic rings. The number of hydrogen-bond acceptors (Lipinski definition) is 4. The maximum atomic E-state index is 10.4. The smallest absolute Gasteiger partial charge is 0.138 e. The summed E-state index contributed by atoms with van der Waals surface area (Å²) in [5.74, 6) is 1.29. The maximum absolute atomic E-state index is 10.4. The molecule has 0 bridgehead atoms. The topological polar surface area (TPSA) is 63.8 Å². The molecule has 0 saturated carbocycles. The summed E-state index contributed by atoms with van der Waals surface area (Å²) in [7, 11) is 0. The summed E-state index contributed by atoms with van der Waals surface area (Å²) >= 11 is 0. The van der Waals surface area contributed by atoms with Crippen molar-refractivity contribution < 1.29 is 5.11 Å². The number of aryl methyl sites for hydroxylation is 2. The normalized spacial score (nSPS) is 12.9. The quantitative estimate of drug-likeness (QED) is 0.908. The van der Waals surface area contributed by atoms with E-state index in [0.29, 0.717) is 12.3 Å². The molecule has 1 N–H and O–H groups in total. The summed E-state index contributed by atoms with van der Waals surface area (Å²) in [6.45, 7) is 9.04. The average Bonchev–Trinajstić information content (AvgIpc) is 2.75. The molecule has 0 saturated heterocycles. The van der Waals surface area contributed by atoms with E-state index in [1.165, 1.54) is 0 Å². The number of aliphatic hydroxyl groups is 1. The molecular weight excluding hydrogens is 252 g/mol. The standard InChI is InChI=1S/C15H22N4O/c1-10(2)8-19-14(17-9-18-19)6-13(20)15-12(4)5-11(3)7-16-15/h5,7,9-10,13,20H,6,8H2,1-4H3. The van der Waals surface area contributed by atoms with Crippen molar-refractivity contribution in [3.05, 3.63) is 41.2 Å². The molecule has 20 heavy (non-hydrogen) atoms. The highest BCUT2D eigenvalue weighted by Gasteiger charge is 2.16. The number of nitrogens with zero attached hydrogens (tertiary/aromatic N) is 4. The minimum absolute atomic E-state index is 0.434. The summed E-state index contributed by atoms with van der Waals surface area (Å²) in [6, 6.07) is 2.03. The highest BCUT2D eigenvalue weighted by molar-refractivity contribution is 5.25. The van der Waals surface area contributed by atoms with E-state index in [1.807, 2.05) is 24.6 Å². The van der Waals surface area contributed by atoms with Crippen molar-refractivity contribution in [2.75, 3.05) is 0 Å². The van der Waals surface area contributed by atoms with Gasteiger partial charge in [0.1, 0.15) is 18.3 Å². The third-order valence-electron chi connectivity index (χ3n) is 3.18. The molecule has 0 fully saturated rings. The van der Waals surface area contributed by atoms with E-state index in [2.05, 4.69) is 28.9 Å². The van der Waals surface area contributed by atoms with E-state index in [9.17, 15) is 5.11 Å². The Bertz CT molecular complexity index is 577. The Hall–Kier alpha value is -1.75. The van der Waals surface area contributed by atoms with Crippen molar-refractivity contribution in [2.45, 2.75) is 46.8 Å². The predicted molar refractivity (Wildman–Crippen MR) is 77.2 cm³/mol. The molecule has 108 valence electrons. The van der Waals surface area contributed by atoms with Crippen LogP contribution >= 0.6 is 0 Å². The van der Waals surface area contributed by atoms with Crippen LogP contribution in [-0.2, 0) is 13.0 Å². The number of rotatable bonds is 5. The van der Waals surface area contributed by atoms with Gasteiger partial charge in [-0.3, -0.25) is 4.98 Å².